The van der Waals surface area contributed by atoms with Gasteiger partial charge < -0.3 is 20.5 Å². The van der Waals surface area contributed by atoms with Crippen LogP contribution in [-0.4, -0.2) is 47.2 Å². The first kappa shape index (κ1) is 21.8. The van der Waals surface area contributed by atoms with Crippen LogP contribution < -0.4 is 20.5 Å². The quantitative estimate of drug-likeness (QED) is 0.556. The summed E-state index contributed by atoms with van der Waals surface area (Å²) in [6, 6.07) is 16.2. The number of nitrogens with one attached hydrogen (secondary N) is 1. The fourth-order valence-corrected chi connectivity index (χ4v) is 3.93. The Balaban J connectivity index is 1.33. The van der Waals surface area contributed by atoms with Gasteiger partial charge in [0, 0.05) is 19.0 Å². The zero-order valence-corrected chi connectivity index (χ0v) is 18.6. The number of methoxy groups -OCH3 is 2. The molecule has 0 spiro atoms. The minimum Gasteiger partial charge on any atom is -0.497 e. The lowest BCUT2D eigenvalue weighted by atomic mass is 9.95. The van der Waals surface area contributed by atoms with E-state index in [2.05, 4.69) is 37.3 Å². The highest BCUT2D eigenvalue weighted by molar-refractivity contribution is 5.35. The summed E-state index contributed by atoms with van der Waals surface area (Å²) in [7, 11) is 3.35. The molecule has 0 atom stereocenters. The van der Waals surface area contributed by atoms with E-state index in [9.17, 15) is 0 Å². The number of benzene rings is 2. The third-order valence-electron chi connectivity index (χ3n) is 5.80. The van der Waals surface area contributed by atoms with Gasteiger partial charge in [-0.05, 0) is 61.3 Å². The number of hydrogen-bond donors (Lipinski definition) is 2. The normalized spacial score (nSPS) is 14.8. The van der Waals surface area contributed by atoms with E-state index >= 15 is 0 Å². The molecule has 2 heterocycles. The maximum Gasteiger partial charge on any atom is 0.228 e. The zero-order chi connectivity index (χ0) is 22.3. The van der Waals surface area contributed by atoms with Crippen molar-refractivity contribution in [2.75, 3.05) is 38.4 Å². The van der Waals surface area contributed by atoms with Crippen LogP contribution in [0.25, 0.3) is 0 Å². The van der Waals surface area contributed by atoms with Gasteiger partial charge in [-0.3, -0.25) is 4.90 Å². The van der Waals surface area contributed by atoms with Gasteiger partial charge in [0.15, 0.2) is 0 Å². The van der Waals surface area contributed by atoms with Gasteiger partial charge in [0.1, 0.15) is 17.3 Å². The number of ether oxygens (including phenoxy) is 2. The number of nitrogens with zero attached hydrogens (tertiary/aromatic N) is 4. The highest BCUT2D eigenvalue weighted by Gasteiger charge is 2.23. The average Bonchev–Trinajstić information content (AvgIpc) is 2.84. The number of likely N-dealkylation sites (tertiary alicyclic amines) is 1. The van der Waals surface area contributed by atoms with E-state index in [0.717, 1.165) is 55.4 Å². The van der Waals surface area contributed by atoms with Crippen molar-refractivity contribution in [3.05, 3.63) is 65.5 Å². The van der Waals surface area contributed by atoms with Crippen molar-refractivity contribution in [1.82, 2.24) is 19.9 Å². The van der Waals surface area contributed by atoms with E-state index in [0.29, 0.717) is 12.5 Å². The minimum atomic E-state index is 0.257. The van der Waals surface area contributed by atoms with E-state index in [1.165, 1.54) is 5.56 Å². The molecule has 32 heavy (non-hydrogen) atoms. The van der Waals surface area contributed by atoms with Crippen LogP contribution in [0.15, 0.2) is 48.5 Å². The molecule has 1 aliphatic heterocycles. The molecule has 1 saturated heterocycles. The molecule has 0 saturated carbocycles. The Morgan fingerprint density at radius 1 is 0.875 bits per heavy atom. The number of anilines is 2. The maximum atomic E-state index is 5.99. The first-order chi connectivity index (χ1) is 15.6. The molecule has 4 rings (SSSR count). The lowest BCUT2D eigenvalue weighted by Gasteiger charge is -2.31. The molecule has 168 valence electrons. The first-order valence-electron chi connectivity index (χ1n) is 10.9. The summed E-state index contributed by atoms with van der Waals surface area (Å²) >= 11 is 0. The third-order valence-corrected chi connectivity index (χ3v) is 5.80. The monoisotopic (exact) mass is 434 g/mol. The topological polar surface area (TPSA) is 98.4 Å². The summed E-state index contributed by atoms with van der Waals surface area (Å²) in [4.78, 5) is 15.8. The molecule has 2 aromatic carbocycles. The van der Waals surface area contributed by atoms with Crippen molar-refractivity contribution in [2.45, 2.75) is 31.8 Å². The number of aromatic nitrogens is 3. The van der Waals surface area contributed by atoms with Gasteiger partial charge in [0.25, 0.3) is 0 Å². The van der Waals surface area contributed by atoms with Crippen molar-refractivity contribution < 1.29 is 9.47 Å². The van der Waals surface area contributed by atoms with Gasteiger partial charge in [-0.1, -0.05) is 24.3 Å². The van der Waals surface area contributed by atoms with Crippen molar-refractivity contribution >= 4 is 11.9 Å². The minimum absolute atomic E-state index is 0.257. The fraction of sp³-hybridized carbons (Fsp3) is 0.375. The number of nitrogen functional groups attached to an aromatic ring is 1. The summed E-state index contributed by atoms with van der Waals surface area (Å²) in [5.41, 5.74) is 8.39. The van der Waals surface area contributed by atoms with Crippen molar-refractivity contribution in [3.8, 4) is 11.5 Å². The highest BCUT2D eigenvalue weighted by atomic mass is 16.5. The number of nitrogens with two attached hydrogens (primary N) is 1. The molecule has 8 heteroatoms. The third kappa shape index (κ3) is 5.64. The standard InChI is InChI=1S/C24H30N6O2/c1-31-20-7-3-17(4-8-20)15-26-24-28-22(27-23(25)29-24)19-11-13-30(14-12-19)16-18-5-9-21(32-2)10-6-18/h3-10,19H,11-16H2,1-2H3,(H3,25,26,27,28,29). The summed E-state index contributed by atoms with van der Waals surface area (Å²) in [6.07, 6.45) is 2.00. The second kappa shape index (κ2) is 10.3. The molecule has 1 fully saturated rings. The predicted molar refractivity (Wildman–Crippen MR) is 125 cm³/mol. The Labute approximate surface area is 188 Å². The maximum absolute atomic E-state index is 5.99. The Bertz CT molecular complexity index is 1000. The zero-order valence-electron chi connectivity index (χ0n) is 18.6. The molecule has 3 aromatic rings. The van der Waals surface area contributed by atoms with Gasteiger partial charge in [0.05, 0.1) is 14.2 Å². The largest absolute Gasteiger partial charge is 0.497 e. The van der Waals surface area contributed by atoms with Crippen molar-refractivity contribution in [3.63, 3.8) is 0 Å². The molecule has 8 nitrogen and oxygen atoms in total. The van der Waals surface area contributed by atoms with Crippen LogP contribution >= 0.6 is 0 Å². The van der Waals surface area contributed by atoms with Crippen LogP contribution in [-0.2, 0) is 13.1 Å². The van der Waals surface area contributed by atoms with Crippen LogP contribution in [0, 0.1) is 0 Å². The molecule has 1 aromatic heterocycles. The Morgan fingerprint density at radius 2 is 1.47 bits per heavy atom. The number of hydrogen-bond acceptors (Lipinski definition) is 8. The fourth-order valence-electron chi connectivity index (χ4n) is 3.93. The average molecular weight is 435 g/mol. The Hall–Kier alpha value is -3.39. The van der Waals surface area contributed by atoms with E-state index in [-0.39, 0.29) is 11.9 Å². The van der Waals surface area contributed by atoms with Gasteiger partial charge in [-0.25, -0.2) is 0 Å². The van der Waals surface area contributed by atoms with Gasteiger partial charge in [-0.15, -0.1) is 0 Å². The van der Waals surface area contributed by atoms with Gasteiger partial charge in [0.2, 0.25) is 11.9 Å². The highest BCUT2D eigenvalue weighted by Crippen LogP contribution is 2.27. The smallest absolute Gasteiger partial charge is 0.228 e. The van der Waals surface area contributed by atoms with Gasteiger partial charge >= 0.3 is 0 Å². The summed E-state index contributed by atoms with van der Waals surface area (Å²) in [5.74, 6) is 3.56. The molecule has 0 radical (unpaired) electrons. The SMILES string of the molecule is COc1ccc(CNc2nc(N)nc(C3CCN(Cc4ccc(OC)cc4)CC3)n2)cc1. The lowest BCUT2D eigenvalue weighted by Crippen LogP contribution is -2.33. The molecule has 1 aliphatic rings. The molecule has 3 N–H and O–H groups in total. The molecular formula is C24H30N6O2. The van der Waals surface area contributed by atoms with E-state index in [1.54, 1.807) is 14.2 Å². The summed E-state index contributed by atoms with van der Waals surface area (Å²) in [5, 5.41) is 3.27. The lowest BCUT2D eigenvalue weighted by molar-refractivity contribution is 0.201. The summed E-state index contributed by atoms with van der Waals surface area (Å²) in [6.45, 7) is 3.53. The summed E-state index contributed by atoms with van der Waals surface area (Å²) < 4.78 is 10.4. The predicted octanol–water partition coefficient (Wildman–Crippen LogP) is 3.46. The first-order valence-corrected chi connectivity index (χ1v) is 10.9. The van der Waals surface area contributed by atoms with Gasteiger partial charge in [-0.2, -0.15) is 15.0 Å². The molecule has 0 aliphatic carbocycles. The van der Waals surface area contributed by atoms with E-state index in [4.69, 9.17) is 15.2 Å². The van der Waals surface area contributed by atoms with Crippen LogP contribution in [0.2, 0.25) is 0 Å². The molecule has 0 unspecified atom stereocenters. The Morgan fingerprint density at radius 3 is 2.06 bits per heavy atom. The number of rotatable bonds is 8. The second-order valence-corrected chi connectivity index (χ2v) is 7.98. The molecule has 0 amide bonds. The molecular weight excluding hydrogens is 404 g/mol. The number of piperidine rings is 1. The van der Waals surface area contributed by atoms with Crippen molar-refractivity contribution in [1.29, 1.82) is 0 Å². The van der Waals surface area contributed by atoms with Crippen LogP contribution in [0.1, 0.15) is 35.7 Å². The van der Waals surface area contributed by atoms with E-state index < -0.39 is 0 Å². The van der Waals surface area contributed by atoms with Crippen LogP contribution in [0.3, 0.4) is 0 Å². The Kier molecular flexibility index (Phi) is 7.01. The van der Waals surface area contributed by atoms with Crippen molar-refractivity contribution in [2.24, 2.45) is 0 Å². The van der Waals surface area contributed by atoms with Crippen LogP contribution in [0.5, 0.6) is 11.5 Å². The van der Waals surface area contributed by atoms with Crippen LogP contribution in [0.4, 0.5) is 11.9 Å². The van der Waals surface area contributed by atoms with E-state index in [1.807, 2.05) is 36.4 Å². The molecule has 0 bridgehead atoms. The second-order valence-electron chi connectivity index (χ2n) is 7.98.